The summed E-state index contributed by atoms with van der Waals surface area (Å²) in [5.74, 6) is -0.0516. The zero-order chi connectivity index (χ0) is 16.2. The van der Waals surface area contributed by atoms with Crippen LogP contribution in [0.1, 0.15) is 5.56 Å². The van der Waals surface area contributed by atoms with Crippen LogP contribution in [0, 0.1) is 0 Å². The number of nitrogens with one attached hydrogen (secondary N) is 1. The molecule has 0 spiro atoms. The molecule has 1 amide bonds. The van der Waals surface area contributed by atoms with Crippen LogP contribution in [0.15, 0.2) is 59.4 Å². The van der Waals surface area contributed by atoms with Crippen molar-refractivity contribution in [3.63, 3.8) is 0 Å². The van der Waals surface area contributed by atoms with Crippen molar-refractivity contribution < 1.29 is 9.53 Å². The molecule has 3 aromatic rings. The van der Waals surface area contributed by atoms with Crippen LogP contribution in [-0.2, 0) is 18.4 Å². The number of benzene rings is 2. The summed E-state index contributed by atoms with van der Waals surface area (Å²) in [5, 5.41) is 2.41. The minimum atomic E-state index is -0.714. The van der Waals surface area contributed by atoms with E-state index < -0.39 is 6.09 Å². The van der Waals surface area contributed by atoms with Crippen molar-refractivity contribution in [3.05, 3.63) is 70.5 Å². The van der Waals surface area contributed by atoms with Gasteiger partial charge in [0.1, 0.15) is 6.61 Å². The largest absolute Gasteiger partial charge is 0.444 e. The van der Waals surface area contributed by atoms with Crippen LogP contribution in [-0.4, -0.2) is 15.6 Å². The van der Waals surface area contributed by atoms with Gasteiger partial charge in [0, 0.05) is 7.05 Å². The number of aryl methyl sites for hydroxylation is 1. The van der Waals surface area contributed by atoms with E-state index in [2.05, 4.69) is 10.3 Å². The lowest BCUT2D eigenvalue weighted by Gasteiger charge is -2.09. The van der Waals surface area contributed by atoms with Gasteiger partial charge in [-0.15, -0.1) is 0 Å². The molecule has 1 heterocycles. The first-order valence-corrected chi connectivity index (χ1v) is 7.08. The van der Waals surface area contributed by atoms with Gasteiger partial charge in [-0.25, -0.2) is 9.78 Å². The monoisotopic (exact) mass is 309 g/mol. The van der Waals surface area contributed by atoms with Crippen LogP contribution < -0.4 is 10.9 Å². The van der Waals surface area contributed by atoms with E-state index in [1.165, 1.54) is 4.57 Å². The fourth-order valence-electron chi connectivity index (χ4n) is 2.22. The maximum absolute atomic E-state index is 12.2. The van der Waals surface area contributed by atoms with Crippen LogP contribution in [0.5, 0.6) is 0 Å². The average Bonchev–Trinajstić information content (AvgIpc) is 2.58. The molecular weight excluding hydrogens is 294 g/mol. The highest BCUT2D eigenvalue weighted by atomic mass is 16.5. The van der Waals surface area contributed by atoms with Crippen molar-refractivity contribution in [2.75, 3.05) is 5.32 Å². The minimum absolute atomic E-state index is 0.0516. The van der Waals surface area contributed by atoms with Crippen molar-refractivity contribution in [3.8, 4) is 0 Å². The van der Waals surface area contributed by atoms with Gasteiger partial charge in [0.05, 0.1) is 11.0 Å². The third-order valence-corrected chi connectivity index (χ3v) is 3.42. The molecule has 6 heteroatoms. The summed E-state index contributed by atoms with van der Waals surface area (Å²) in [5.41, 5.74) is 1.79. The number of aromatic nitrogens is 2. The summed E-state index contributed by atoms with van der Waals surface area (Å²) < 4.78 is 6.54. The third kappa shape index (κ3) is 3.21. The van der Waals surface area contributed by atoms with Gasteiger partial charge >= 0.3 is 6.09 Å². The first-order chi connectivity index (χ1) is 11.1. The first kappa shape index (κ1) is 14.8. The Hall–Kier alpha value is -3.15. The molecule has 23 heavy (non-hydrogen) atoms. The van der Waals surface area contributed by atoms with Crippen LogP contribution in [0.3, 0.4) is 0 Å². The summed E-state index contributed by atoms with van der Waals surface area (Å²) in [4.78, 5) is 28.3. The third-order valence-electron chi connectivity index (χ3n) is 3.42. The number of rotatable bonds is 3. The molecule has 6 nitrogen and oxygen atoms in total. The van der Waals surface area contributed by atoms with E-state index in [0.29, 0.717) is 11.0 Å². The van der Waals surface area contributed by atoms with Gasteiger partial charge in [-0.2, -0.15) is 0 Å². The summed E-state index contributed by atoms with van der Waals surface area (Å²) in [6.45, 7) is 0.126. The SMILES string of the molecule is Cn1c(=O)c(NC(=O)OCc2ccccc2)nc2ccccc21. The van der Waals surface area contributed by atoms with E-state index in [1.807, 2.05) is 42.5 Å². The van der Waals surface area contributed by atoms with Crippen LogP contribution in [0.2, 0.25) is 0 Å². The Morgan fingerprint density at radius 2 is 1.83 bits per heavy atom. The lowest BCUT2D eigenvalue weighted by molar-refractivity contribution is 0.155. The molecule has 2 aromatic carbocycles. The Bertz CT molecular complexity index is 904. The number of carbonyl (C=O) groups excluding carboxylic acids is 1. The van der Waals surface area contributed by atoms with Gasteiger partial charge in [0.2, 0.25) is 5.82 Å². The predicted molar refractivity (Wildman–Crippen MR) is 87.2 cm³/mol. The number of ether oxygens (including phenoxy) is 1. The van der Waals surface area contributed by atoms with Crippen molar-refractivity contribution in [1.29, 1.82) is 0 Å². The van der Waals surface area contributed by atoms with Crippen molar-refractivity contribution in [2.45, 2.75) is 6.61 Å². The predicted octanol–water partition coefficient (Wildman–Crippen LogP) is 2.68. The zero-order valence-electron chi connectivity index (χ0n) is 12.5. The molecule has 1 aromatic heterocycles. The summed E-state index contributed by atoms with van der Waals surface area (Å²) in [7, 11) is 1.63. The molecule has 0 bridgehead atoms. The molecular formula is C17H15N3O3. The van der Waals surface area contributed by atoms with Gasteiger partial charge in [0.25, 0.3) is 5.56 Å². The summed E-state index contributed by atoms with van der Waals surface area (Å²) >= 11 is 0. The highest BCUT2D eigenvalue weighted by Crippen LogP contribution is 2.11. The molecule has 0 saturated heterocycles. The molecule has 0 aliphatic carbocycles. The number of hydrogen-bond donors (Lipinski definition) is 1. The van der Waals surface area contributed by atoms with Crippen molar-refractivity contribution in [2.24, 2.45) is 7.05 Å². The van der Waals surface area contributed by atoms with Gasteiger partial charge in [-0.05, 0) is 17.7 Å². The van der Waals surface area contributed by atoms with Crippen LogP contribution in [0.25, 0.3) is 11.0 Å². The van der Waals surface area contributed by atoms with E-state index >= 15 is 0 Å². The van der Waals surface area contributed by atoms with E-state index in [1.54, 1.807) is 19.2 Å². The van der Waals surface area contributed by atoms with Gasteiger partial charge in [-0.3, -0.25) is 10.1 Å². The van der Waals surface area contributed by atoms with E-state index in [0.717, 1.165) is 5.56 Å². The molecule has 0 fully saturated rings. The summed E-state index contributed by atoms with van der Waals surface area (Å²) in [6.07, 6.45) is -0.714. The minimum Gasteiger partial charge on any atom is -0.444 e. The Labute approximate surface area is 132 Å². The number of carbonyl (C=O) groups is 1. The van der Waals surface area contributed by atoms with E-state index in [-0.39, 0.29) is 18.0 Å². The Kier molecular flexibility index (Phi) is 4.05. The van der Waals surface area contributed by atoms with E-state index in [4.69, 9.17) is 4.74 Å². The number of para-hydroxylation sites is 2. The van der Waals surface area contributed by atoms with Gasteiger partial charge in [-0.1, -0.05) is 42.5 Å². The second-order valence-electron chi connectivity index (χ2n) is 5.00. The average molecular weight is 309 g/mol. The van der Waals surface area contributed by atoms with E-state index in [9.17, 15) is 9.59 Å². The molecule has 0 radical (unpaired) electrons. The second-order valence-corrected chi connectivity index (χ2v) is 5.00. The lowest BCUT2D eigenvalue weighted by atomic mass is 10.2. The quantitative estimate of drug-likeness (QED) is 0.807. The van der Waals surface area contributed by atoms with Gasteiger partial charge in [0.15, 0.2) is 0 Å². The maximum atomic E-state index is 12.2. The lowest BCUT2D eigenvalue weighted by Crippen LogP contribution is -2.26. The number of nitrogens with zero attached hydrogens (tertiary/aromatic N) is 2. The smallest absolute Gasteiger partial charge is 0.413 e. The fraction of sp³-hybridized carbons (Fsp3) is 0.118. The molecule has 1 N–H and O–H groups in total. The Balaban J connectivity index is 1.77. The highest BCUT2D eigenvalue weighted by Gasteiger charge is 2.12. The standard InChI is InChI=1S/C17H15N3O3/c1-20-14-10-6-5-9-13(14)18-15(16(20)21)19-17(22)23-11-12-7-3-2-4-8-12/h2-10H,11H2,1H3,(H,18,19,22). The van der Waals surface area contributed by atoms with Gasteiger partial charge < -0.3 is 9.30 Å². The maximum Gasteiger partial charge on any atom is 0.413 e. The van der Waals surface area contributed by atoms with Crippen LogP contribution in [0.4, 0.5) is 10.6 Å². The molecule has 3 rings (SSSR count). The van der Waals surface area contributed by atoms with Crippen molar-refractivity contribution >= 4 is 22.9 Å². The molecule has 0 unspecified atom stereocenters. The number of anilines is 1. The molecule has 116 valence electrons. The second kappa shape index (κ2) is 6.31. The Morgan fingerprint density at radius 3 is 2.61 bits per heavy atom. The highest BCUT2D eigenvalue weighted by molar-refractivity contribution is 5.85. The number of hydrogen-bond acceptors (Lipinski definition) is 4. The zero-order valence-corrected chi connectivity index (χ0v) is 12.5. The molecule has 0 saturated carbocycles. The first-order valence-electron chi connectivity index (χ1n) is 7.08. The summed E-state index contributed by atoms with van der Waals surface area (Å²) in [6, 6.07) is 16.5. The van der Waals surface area contributed by atoms with Crippen LogP contribution >= 0.6 is 0 Å². The number of fused-ring (bicyclic) bond motifs is 1. The molecule has 0 atom stereocenters. The number of amides is 1. The molecule has 0 aliphatic heterocycles. The topological polar surface area (TPSA) is 73.2 Å². The Morgan fingerprint density at radius 1 is 1.13 bits per heavy atom. The fourth-order valence-corrected chi connectivity index (χ4v) is 2.22. The molecule has 0 aliphatic rings. The van der Waals surface area contributed by atoms with Crippen molar-refractivity contribution in [1.82, 2.24) is 9.55 Å². The normalized spacial score (nSPS) is 10.5.